The van der Waals surface area contributed by atoms with Crippen molar-refractivity contribution < 1.29 is 28.8 Å². The number of amides is 1. The number of carbonyl (C=O) groups is 1. The minimum Gasteiger partial charge on any atom is -0.497 e. The second-order valence-electron chi connectivity index (χ2n) is 10.1. The van der Waals surface area contributed by atoms with Crippen LogP contribution in [-0.4, -0.2) is 61.2 Å². The summed E-state index contributed by atoms with van der Waals surface area (Å²) in [6.45, 7) is 5.77. The third kappa shape index (κ3) is 5.73. The molecule has 7 nitrogen and oxygen atoms in total. The highest BCUT2D eigenvalue weighted by Crippen LogP contribution is 2.43. The molecule has 196 valence electrons. The summed E-state index contributed by atoms with van der Waals surface area (Å²) in [5.41, 5.74) is 0.865. The number of rotatable bonds is 7. The van der Waals surface area contributed by atoms with Crippen molar-refractivity contribution >= 4 is 6.09 Å². The monoisotopic (exact) mass is 505 g/mol. The van der Waals surface area contributed by atoms with Crippen LogP contribution in [0.1, 0.15) is 37.5 Å². The van der Waals surface area contributed by atoms with Crippen LogP contribution in [0.4, 0.5) is 4.79 Å². The van der Waals surface area contributed by atoms with Gasteiger partial charge in [-0.1, -0.05) is 54.6 Å². The number of hydrogen-bond acceptors (Lipinski definition) is 6. The molecule has 0 aliphatic carbocycles. The highest BCUT2D eigenvalue weighted by Gasteiger charge is 2.45. The number of aliphatic hydroxyl groups excluding tert-OH is 1. The van der Waals surface area contributed by atoms with Crippen LogP contribution in [0.5, 0.6) is 11.5 Å². The lowest BCUT2D eigenvalue weighted by Gasteiger charge is -2.39. The largest absolute Gasteiger partial charge is 0.497 e. The van der Waals surface area contributed by atoms with Gasteiger partial charge in [-0.05, 0) is 61.7 Å². The van der Waals surface area contributed by atoms with Crippen molar-refractivity contribution in [1.82, 2.24) is 4.90 Å². The molecule has 0 saturated carbocycles. The summed E-state index contributed by atoms with van der Waals surface area (Å²) in [5, 5.41) is 11.1. The van der Waals surface area contributed by atoms with E-state index in [2.05, 4.69) is 0 Å². The molecular formula is C30H35NO6. The predicted molar refractivity (Wildman–Crippen MR) is 141 cm³/mol. The Labute approximate surface area is 218 Å². The zero-order valence-electron chi connectivity index (χ0n) is 22.0. The van der Waals surface area contributed by atoms with E-state index in [1.807, 2.05) is 99.6 Å². The Morgan fingerprint density at radius 3 is 1.73 bits per heavy atom. The van der Waals surface area contributed by atoms with Crippen LogP contribution >= 0.6 is 0 Å². The lowest BCUT2D eigenvalue weighted by molar-refractivity contribution is -0.0817. The smallest absolute Gasteiger partial charge is 0.410 e. The van der Waals surface area contributed by atoms with E-state index < -0.39 is 29.5 Å². The van der Waals surface area contributed by atoms with Crippen LogP contribution in [-0.2, 0) is 15.1 Å². The summed E-state index contributed by atoms with van der Waals surface area (Å²) in [7, 11) is 3.25. The molecular weight excluding hydrogens is 470 g/mol. The van der Waals surface area contributed by atoms with E-state index in [1.165, 1.54) is 4.90 Å². The topological polar surface area (TPSA) is 77.5 Å². The number of β-amino-alcohol motifs (C(OH)–C–C–N with tert-alkyl or cyclic N) is 1. The average molecular weight is 506 g/mol. The quantitative estimate of drug-likeness (QED) is 0.456. The number of ether oxygens (including phenoxy) is 4. The Morgan fingerprint density at radius 1 is 0.784 bits per heavy atom. The third-order valence-corrected chi connectivity index (χ3v) is 6.39. The Kier molecular flexibility index (Phi) is 7.76. The van der Waals surface area contributed by atoms with Crippen molar-refractivity contribution in [2.45, 2.75) is 44.2 Å². The fraction of sp³-hybridized carbons (Fsp3) is 0.367. The molecule has 3 aromatic carbocycles. The number of methoxy groups -OCH3 is 2. The van der Waals surface area contributed by atoms with E-state index in [9.17, 15) is 9.90 Å². The first-order valence-electron chi connectivity index (χ1n) is 12.3. The van der Waals surface area contributed by atoms with Gasteiger partial charge in [-0.2, -0.15) is 0 Å². The Balaban J connectivity index is 1.81. The highest BCUT2D eigenvalue weighted by molar-refractivity contribution is 5.68. The number of hydrogen-bond donors (Lipinski definition) is 1. The van der Waals surface area contributed by atoms with Gasteiger partial charge in [0.2, 0.25) is 0 Å². The maximum absolute atomic E-state index is 12.8. The Morgan fingerprint density at radius 2 is 1.27 bits per heavy atom. The van der Waals surface area contributed by atoms with Crippen LogP contribution in [0.2, 0.25) is 0 Å². The maximum Gasteiger partial charge on any atom is 0.410 e. The molecule has 1 aliphatic heterocycles. The van der Waals surface area contributed by atoms with Crippen molar-refractivity contribution in [3.63, 3.8) is 0 Å². The van der Waals surface area contributed by atoms with Gasteiger partial charge in [-0.3, -0.25) is 0 Å². The number of likely N-dealkylation sites (tertiary alicyclic amines) is 1. The molecule has 2 atom stereocenters. The van der Waals surface area contributed by atoms with Gasteiger partial charge < -0.3 is 29.0 Å². The molecule has 4 rings (SSSR count). The van der Waals surface area contributed by atoms with Crippen molar-refractivity contribution in [2.75, 3.05) is 27.3 Å². The van der Waals surface area contributed by atoms with Crippen LogP contribution in [0.3, 0.4) is 0 Å². The van der Waals surface area contributed by atoms with Crippen LogP contribution in [0, 0.1) is 0 Å². The summed E-state index contributed by atoms with van der Waals surface area (Å²) in [6.07, 6.45) is -2.04. The van der Waals surface area contributed by atoms with Crippen molar-refractivity contribution in [3.8, 4) is 11.5 Å². The molecule has 1 saturated heterocycles. The minimum atomic E-state index is -1.09. The predicted octanol–water partition coefficient (Wildman–Crippen LogP) is 4.99. The van der Waals surface area contributed by atoms with Crippen LogP contribution < -0.4 is 9.47 Å². The summed E-state index contributed by atoms with van der Waals surface area (Å²) in [5.74, 6) is 1.44. The molecule has 7 heteroatoms. The van der Waals surface area contributed by atoms with Crippen molar-refractivity contribution in [2.24, 2.45) is 0 Å². The molecule has 1 heterocycles. The van der Waals surface area contributed by atoms with Crippen LogP contribution in [0.25, 0.3) is 0 Å². The molecule has 0 bridgehead atoms. The van der Waals surface area contributed by atoms with Gasteiger partial charge in [0.05, 0.1) is 33.4 Å². The summed E-state index contributed by atoms with van der Waals surface area (Å²) in [4.78, 5) is 14.3. The average Bonchev–Trinajstić information content (AvgIpc) is 3.27. The summed E-state index contributed by atoms with van der Waals surface area (Å²) in [6, 6.07) is 25.3. The van der Waals surface area contributed by atoms with Gasteiger partial charge >= 0.3 is 6.09 Å². The molecule has 1 amide bonds. The molecule has 0 aromatic heterocycles. The number of aliphatic hydroxyl groups is 1. The fourth-order valence-electron chi connectivity index (χ4n) is 4.60. The molecule has 1 fully saturated rings. The molecule has 0 radical (unpaired) electrons. The zero-order chi connectivity index (χ0) is 26.6. The van der Waals surface area contributed by atoms with Gasteiger partial charge in [0.25, 0.3) is 0 Å². The van der Waals surface area contributed by atoms with Crippen molar-refractivity contribution in [1.29, 1.82) is 0 Å². The first kappa shape index (κ1) is 26.5. The molecule has 3 aromatic rings. The zero-order valence-corrected chi connectivity index (χ0v) is 22.0. The van der Waals surface area contributed by atoms with Gasteiger partial charge in [0.1, 0.15) is 28.8 Å². The maximum atomic E-state index is 12.8. The molecule has 1 N–H and O–H groups in total. The van der Waals surface area contributed by atoms with E-state index in [-0.39, 0.29) is 13.1 Å². The van der Waals surface area contributed by atoms with Gasteiger partial charge in [-0.25, -0.2) is 4.79 Å². The SMILES string of the molecule is COc1ccc(C(OC2CN(C(=O)OC(C)(C)C)CC2O)(c2ccccc2)c2ccc(OC)cc2)cc1. The van der Waals surface area contributed by atoms with E-state index in [0.717, 1.165) is 28.2 Å². The molecule has 2 unspecified atom stereocenters. The van der Waals surface area contributed by atoms with Crippen molar-refractivity contribution in [3.05, 3.63) is 95.6 Å². The molecule has 37 heavy (non-hydrogen) atoms. The van der Waals surface area contributed by atoms with Crippen LogP contribution in [0.15, 0.2) is 78.9 Å². The summed E-state index contributed by atoms with van der Waals surface area (Å²) >= 11 is 0. The third-order valence-electron chi connectivity index (χ3n) is 6.39. The number of carbonyl (C=O) groups excluding carboxylic acids is 1. The lowest BCUT2D eigenvalue weighted by atomic mass is 9.79. The highest BCUT2D eigenvalue weighted by atomic mass is 16.6. The molecule has 1 aliphatic rings. The van der Waals surface area contributed by atoms with E-state index in [1.54, 1.807) is 14.2 Å². The van der Waals surface area contributed by atoms with E-state index in [4.69, 9.17) is 18.9 Å². The Bertz CT molecular complexity index is 1120. The minimum absolute atomic E-state index is 0.121. The first-order chi connectivity index (χ1) is 17.7. The second-order valence-corrected chi connectivity index (χ2v) is 10.1. The van der Waals surface area contributed by atoms with E-state index >= 15 is 0 Å². The van der Waals surface area contributed by atoms with E-state index in [0.29, 0.717) is 0 Å². The summed E-state index contributed by atoms with van der Waals surface area (Å²) < 4.78 is 23.3. The molecule has 0 spiro atoms. The number of benzene rings is 3. The van der Waals surface area contributed by atoms with Gasteiger partial charge in [-0.15, -0.1) is 0 Å². The number of nitrogens with zero attached hydrogens (tertiary/aromatic N) is 1. The van der Waals surface area contributed by atoms with Gasteiger partial charge in [0.15, 0.2) is 0 Å². The van der Waals surface area contributed by atoms with Gasteiger partial charge in [0, 0.05) is 0 Å². The lowest BCUT2D eigenvalue weighted by Crippen LogP contribution is -2.41. The Hall–Kier alpha value is -3.55. The second kappa shape index (κ2) is 10.8. The first-order valence-corrected chi connectivity index (χ1v) is 12.3. The fourth-order valence-corrected chi connectivity index (χ4v) is 4.60. The standard InChI is InChI=1S/C30H35NO6/c1-29(2,3)37-28(33)31-19-26(32)27(20-31)36-30(21-9-7-6-8-10-21,22-11-15-24(34-4)16-12-22)23-13-17-25(35-5)18-14-23/h6-18,26-27,32H,19-20H2,1-5H3. The normalized spacial score (nSPS) is 17.9.